The van der Waals surface area contributed by atoms with Gasteiger partial charge < -0.3 is 14.6 Å². The standard InChI is InChI=1S/C16H16ClFO3/c1-10(19)13-7-6-12(20-2)8-15(13)21-9-11-4-3-5-14(17)16(11)18/h3-8,10,19H,9H2,1-2H3. The molecular weight excluding hydrogens is 295 g/mol. The van der Waals surface area contributed by atoms with Gasteiger partial charge in [0, 0.05) is 17.2 Å². The highest BCUT2D eigenvalue weighted by Gasteiger charge is 2.12. The van der Waals surface area contributed by atoms with E-state index < -0.39 is 11.9 Å². The largest absolute Gasteiger partial charge is 0.497 e. The number of benzene rings is 2. The Hall–Kier alpha value is -1.78. The maximum Gasteiger partial charge on any atom is 0.148 e. The van der Waals surface area contributed by atoms with Crippen molar-refractivity contribution in [3.05, 3.63) is 58.4 Å². The van der Waals surface area contributed by atoms with E-state index in [4.69, 9.17) is 21.1 Å². The lowest BCUT2D eigenvalue weighted by Crippen LogP contribution is -2.03. The van der Waals surface area contributed by atoms with Crippen LogP contribution in [0, 0.1) is 5.82 Å². The zero-order valence-corrected chi connectivity index (χ0v) is 12.5. The molecule has 3 nitrogen and oxygen atoms in total. The summed E-state index contributed by atoms with van der Waals surface area (Å²) >= 11 is 5.73. The van der Waals surface area contributed by atoms with Crippen molar-refractivity contribution in [2.45, 2.75) is 19.6 Å². The summed E-state index contributed by atoms with van der Waals surface area (Å²) in [6, 6.07) is 9.84. The maximum atomic E-state index is 13.8. The normalized spacial score (nSPS) is 12.0. The van der Waals surface area contributed by atoms with E-state index in [0.717, 1.165) is 0 Å². The van der Waals surface area contributed by atoms with Crippen LogP contribution in [0.4, 0.5) is 4.39 Å². The van der Waals surface area contributed by atoms with Crippen LogP contribution >= 0.6 is 11.6 Å². The van der Waals surface area contributed by atoms with E-state index >= 15 is 0 Å². The molecule has 1 atom stereocenters. The second-order valence-corrected chi connectivity index (χ2v) is 4.99. The summed E-state index contributed by atoms with van der Waals surface area (Å²) in [5, 5.41) is 9.80. The van der Waals surface area contributed by atoms with Gasteiger partial charge in [-0.05, 0) is 25.1 Å². The van der Waals surface area contributed by atoms with Crippen LogP contribution in [0.5, 0.6) is 11.5 Å². The molecule has 0 aliphatic carbocycles. The lowest BCUT2D eigenvalue weighted by molar-refractivity contribution is 0.189. The Bertz CT molecular complexity index is 629. The number of methoxy groups -OCH3 is 1. The molecule has 2 aromatic carbocycles. The first-order chi connectivity index (χ1) is 10.0. The van der Waals surface area contributed by atoms with E-state index in [1.165, 1.54) is 13.2 Å². The fourth-order valence-electron chi connectivity index (χ4n) is 1.93. The van der Waals surface area contributed by atoms with E-state index in [1.54, 1.807) is 37.3 Å². The van der Waals surface area contributed by atoms with Crippen LogP contribution in [0.2, 0.25) is 5.02 Å². The van der Waals surface area contributed by atoms with E-state index in [1.807, 2.05) is 0 Å². The summed E-state index contributed by atoms with van der Waals surface area (Å²) in [5.41, 5.74) is 0.958. The Morgan fingerprint density at radius 3 is 2.71 bits per heavy atom. The van der Waals surface area contributed by atoms with Gasteiger partial charge in [-0.25, -0.2) is 4.39 Å². The zero-order valence-electron chi connectivity index (χ0n) is 11.8. The Morgan fingerprint density at radius 1 is 1.29 bits per heavy atom. The van der Waals surface area contributed by atoms with Gasteiger partial charge >= 0.3 is 0 Å². The smallest absolute Gasteiger partial charge is 0.148 e. The number of ether oxygens (including phenoxy) is 2. The topological polar surface area (TPSA) is 38.7 Å². The molecule has 0 fully saturated rings. The molecule has 0 bridgehead atoms. The highest BCUT2D eigenvalue weighted by Crippen LogP contribution is 2.30. The lowest BCUT2D eigenvalue weighted by Gasteiger charge is -2.15. The minimum atomic E-state index is -0.699. The third-order valence-corrected chi connectivity index (χ3v) is 3.38. The average molecular weight is 311 g/mol. The zero-order chi connectivity index (χ0) is 15.4. The van der Waals surface area contributed by atoms with Gasteiger partial charge in [0.15, 0.2) is 0 Å². The molecule has 2 rings (SSSR count). The second-order valence-electron chi connectivity index (χ2n) is 4.58. The van der Waals surface area contributed by atoms with Crippen molar-refractivity contribution in [2.75, 3.05) is 7.11 Å². The first-order valence-electron chi connectivity index (χ1n) is 6.44. The van der Waals surface area contributed by atoms with Crippen LogP contribution in [-0.2, 0) is 6.61 Å². The van der Waals surface area contributed by atoms with Crippen LogP contribution in [0.3, 0.4) is 0 Å². The summed E-state index contributed by atoms with van der Waals surface area (Å²) < 4.78 is 24.6. The fraction of sp³-hybridized carbons (Fsp3) is 0.250. The fourth-order valence-corrected chi connectivity index (χ4v) is 2.12. The molecule has 0 saturated carbocycles. The van der Waals surface area contributed by atoms with E-state index in [2.05, 4.69) is 0 Å². The molecule has 0 aliphatic heterocycles. The van der Waals surface area contributed by atoms with E-state index in [9.17, 15) is 9.50 Å². The Balaban J connectivity index is 2.24. The summed E-state index contributed by atoms with van der Waals surface area (Å²) in [4.78, 5) is 0. The molecule has 21 heavy (non-hydrogen) atoms. The first-order valence-corrected chi connectivity index (χ1v) is 6.82. The Labute approximate surface area is 127 Å². The third-order valence-electron chi connectivity index (χ3n) is 3.09. The maximum absolute atomic E-state index is 13.8. The van der Waals surface area contributed by atoms with Crippen molar-refractivity contribution < 1.29 is 19.0 Å². The van der Waals surface area contributed by atoms with Crippen LogP contribution in [-0.4, -0.2) is 12.2 Å². The number of hydrogen-bond donors (Lipinski definition) is 1. The minimum absolute atomic E-state index is 0.0132. The third kappa shape index (κ3) is 3.65. The molecule has 0 spiro atoms. The monoisotopic (exact) mass is 310 g/mol. The Kier molecular flexibility index (Phi) is 5.04. The quantitative estimate of drug-likeness (QED) is 0.903. The summed E-state index contributed by atoms with van der Waals surface area (Å²) in [6.45, 7) is 1.65. The number of hydrogen-bond acceptors (Lipinski definition) is 3. The summed E-state index contributed by atoms with van der Waals surface area (Å²) in [6.07, 6.45) is -0.699. The van der Waals surface area contributed by atoms with Gasteiger partial charge in [0.2, 0.25) is 0 Å². The van der Waals surface area contributed by atoms with Gasteiger partial charge in [-0.1, -0.05) is 23.7 Å². The van der Waals surface area contributed by atoms with Crippen molar-refractivity contribution in [1.29, 1.82) is 0 Å². The number of aliphatic hydroxyl groups excluding tert-OH is 1. The molecule has 0 amide bonds. The first kappa shape index (κ1) is 15.6. The molecular formula is C16H16ClFO3. The van der Waals surface area contributed by atoms with Crippen LogP contribution in [0.25, 0.3) is 0 Å². The molecule has 0 heterocycles. The van der Waals surface area contributed by atoms with Crippen LogP contribution in [0.1, 0.15) is 24.2 Å². The van der Waals surface area contributed by atoms with Crippen molar-refractivity contribution in [1.82, 2.24) is 0 Å². The molecule has 0 aromatic heterocycles. The van der Waals surface area contributed by atoms with Gasteiger partial charge in [0.1, 0.15) is 23.9 Å². The SMILES string of the molecule is COc1ccc(C(C)O)c(OCc2cccc(Cl)c2F)c1. The predicted molar refractivity (Wildman–Crippen MR) is 79.4 cm³/mol. The van der Waals surface area contributed by atoms with E-state index in [0.29, 0.717) is 22.6 Å². The average Bonchev–Trinajstić information content (AvgIpc) is 2.48. The van der Waals surface area contributed by atoms with Gasteiger partial charge in [-0.2, -0.15) is 0 Å². The number of aliphatic hydroxyl groups is 1. The molecule has 1 unspecified atom stereocenters. The molecule has 112 valence electrons. The molecule has 1 N–H and O–H groups in total. The summed E-state index contributed by atoms with van der Waals surface area (Å²) in [7, 11) is 1.54. The Morgan fingerprint density at radius 2 is 2.05 bits per heavy atom. The molecule has 2 aromatic rings. The second kappa shape index (κ2) is 6.78. The molecule has 0 aliphatic rings. The molecule has 5 heteroatoms. The van der Waals surface area contributed by atoms with Gasteiger partial charge in [0.25, 0.3) is 0 Å². The van der Waals surface area contributed by atoms with Gasteiger partial charge in [0.05, 0.1) is 18.2 Å². The summed E-state index contributed by atoms with van der Waals surface area (Å²) in [5.74, 6) is 0.547. The van der Waals surface area contributed by atoms with E-state index in [-0.39, 0.29) is 11.6 Å². The molecule has 0 saturated heterocycles. The highest BCUT2D eigenvalue weighted by molar-refractivity contribution is 6.30. The van der Waals surface area contributed by atoms with Crippen molar-refractivity contribution in [3.8, 4) is 11.5 Å². The van der Waals surface area contributed by atoms with Crippen LogP contribution in [0.15, 0.2) is 36.4 Å². The minimum Gasteiger partial charge on any atom is -0.497 e. The molecule has 0 radical (unpaired) electrons. The van der Waals surface area contributed by atoms with Gasteiger partial charge in [-0.15, -0.1) is 0 Å². The van der Waals surface area contributed by atoms with Crippen molar-refractivity contribution in [2.24, 2.45) is 0 Å². The van der Waals surface area contributed by atoms with Crippen molar-refractivity contribution >= 4 is 11.6 Å². The predicted octanol–water partition coefficient (Wildman–Crippen LogP) is 4.12. The lowest BCUT2D eigenvalue weighted by atomic mass is 10.1. The highest BCUT2D eigenvalue weighted by atomic mass is 35.5. The van der Waals surface area contributed by atoms with Crippen molar-refractivity contribution in [3.63, 3.8) is 0 Å². The number of rotatable bonds is 5. The number of halogens is 2. The van der Waals surface area contributed by atoms with Crippen LogP contribution < -0.4 is 9.47 Å². The van der Waals surface area contributed by atoms with Gasteiger partial charge in [-0.3, -0.25) is 0 Å².